The van der Waals surface area contributed by atoms with Gasteiger partial charge in [-0.05, 0) is 37.9 Å². The predicted octanol–water partition coefficient (Wildman–Crippen LogP) is 3.81. The van der Waals surface area contributed by atoms with Crippen molar-refractivity contribution in [3.63, 3.8) is 0 Å². The number of benzene rings is 1. The highest BCUT2D eigenvalue weighted by atomic mass is 32.1. The number of aryl methyl sites for hydroxylation is 1. The molecule has 1 aliphatic rings. The fraction of sp³-hybridized carbons (Fsp3) is 0.273. The van der Waals surface area contributed by atoms with Crippen LogP contribution in [0.15, 0.2) is 35.7 Å². The van der Waals surface area contributed by atoms with Crippen molar-refractivity contribution in [1.29, 1.82) is 0 Å². The van der Waals surface area contributed by atoms with Crippen molar-refractivity contribution >= 4 is 45.7 Å². The maximum atomic E-state index is 12.8. The smallest absolute Gasteiger partial charge is 0.269 e. The Hall–Kier alpha value is -2.92. The Bertz CT molecular complexity index is 1130. The summed E-state index contributed by atoms with van der Waals surface area (Å²) in [4.78, 5) is 33.7. The molecule has 0 bridgehead atoms. The summed E-state index contributed by atoms with van der Waals surface area (Å²) in [5, 5.41) is 18.3. The van der Waals surface area contributed by atoms with E-state index in [0.29, 0.717) is 15.9 Å². The van der Waals surface area contributed by atoms with E-state index in [1.807, 2.05) is 36.6 Å². The van der Waals surface area contributed by atoms with E-state index >= 15 is 0 Å². The standard InChI is InChI=1S/C22H23N5O3S2/c1-13-19(32-21(24-13)16-3-2-10-23-11-16)20(29)26-22-25-17(12-31-22)15-7-4-14(5-8-15)6-9-18(28)27-30/h4-9,12,16,23,30H,2-3,10-11H2,1H3,(H,27,28)(H,25,26,29)/b9-6+. The van der Waals surface area contributed by atoms with E-state index in [9.17, 15) is 9.59 Å². The van der Waals surface area contributed by atoms with Gasteiger partial charge in [-0.1, -0.05) is 24.3 Å². The highest BCUT2D eigenvalue weighted by Gasteiger charge is 2.23. The highest BCUT2D eigenvalue weighted by molar-refractivity contribution is 7.15. The van der Waals surface area contributed by atoms with E-state index in [2.05, 4.69) is 20.6 Å². The van der Waals surface area contributed by atoms with Crippen LogP contribution in [0, 0.1) is 6.92 Å². The van der Waals surface area contributed by atoms with Crippen LogP contribution in [0.2, 0.25) is 0 Å². The predicted molar refractivity (Wildman–Crippen MR) is 126 cm³/mol. The lowest BCUT2D eigenvalue weighted by Crippen LogP contribution is -2.28. The molecule has 0 aliphatic carbocycles. The van der Waals surface area contributed by atoms with Crippen molar-refractivity contribution in [2.75, 3.05) is 18.4 Å². The Kier molecular flexibility index (Phi) is 7.05. The van der Waals surface area contributed by atoms with Crippen molar-refractivity contribution in [3.05, 3.63) is 56.9 Å². The molecule has 1 aliphatic heterocycles. The number of carbonyl (C=O) groups excluding carboxylic acids is 2. The normalized spacial score (nSPS) is 16.2. The van der Waals surface area contributed by atoms with Crippen LogP contribution < -0.4 is 16.1 Å². The van der Waals surface area contributed by atoms with Gasteiger partial charge in [0.1, 0.15) is 4.88 Å². The first kappa shape index (κ1) is 22.3. The summed E-state index contributed by atoms with van der Waals surface area (Å²) < 4.78 is 0. The molecule has 2 amide bonds. The maximum absolute atomic E-state index is 12.8. The van der Waals surface area contributed by atoms with Gasteiger partial charge in [0, 0.05) is 29.5 Å². The lowest BCUT2D eigenvalue weighted by Gasteiger charge is -2.20. The van der Waals surface area contributed by atoms with Crippen LogP contribution >= 0.6 is 22.7 Å². The van der Waals surface area contributed by atoms with Crippen LogP contribution in [0.4, 0.5) is 5.13 Å². The number of amides is 2. The summed E-state index contributed by atoms with van der Waals surface area (Å²) in [7, 11) is 0. The molecule has 0 spiro atoms. The molecule has 0 radical (unpaired) electrons. The molecule has 1 fully saturated rings. The first-order valence-corrected chi connectivity index (χ1v) is 11.9. The van der Waals surface area contributed by atoms with E-state index < -0.39 is 5.91 Å². The second-order valence-corrected chi connectivity index (χ2v) is 9.32. The minimum absolute atomic E-state index is 0.182. The molecule has 2 aromatic heterocycles. The number of piperidine rings is 1. The zero-order chi connectivity index (χ0) is 22.5. The fourth-order valence-corrected chi connectivity index (χ4v) is 5.27. The van der Waals surface area contributed by atoms with Crippen molar-refractivity contribution < 1.29 is 14.8 Å². The number of rotatable bonds is 6. The molecule has 1 saturated heterocycles. The van der Waals surface area contributed by atoms with E-state index in [1.54, 1.807) is 11.6 Å². The van der Waals surface area contributed by atoms with Gasteiger partial charge in [-0.15, -0.1) is 22.7 Å². The number of thiazole rings is 2. The lowest BCUT2D eigenvalue weighted by molar-refractivity contribution is -0.124. The van der Waals surface area contributed by atoms with Gasteiger partial charge >= 0.3 is 0 Å². The van der Waals surface area contributed by atoms with Crippen LogP contribution in [0.25, 0.3) is 17.3 Å². The molecule has 166 valence electrons. The molecule has 1 atom stereocenters. The maximum Gasteiger partial charge on any atom is 0.269 e. The number of anilines is 1. The van der Waals surface area contributed by atoms with Crippen molar-refractivity contribution in [3.8, 4) is 11.3 Å². The van der Waals surface area contributed by atoms with Gasteiger partial charge in [0.15, 0.2) is 5.13 Å². The SMILES string of the molecule is Cc1nc(C2CCCNC2)sc1C(=O)Nc1nc(-c2ccc(/C=C/C(=O)NO)cc2)cs1. The van der Waals surface area contributed by atoms with Crippen molar-refractivity contribution in [2.24, 2.45) is 0 Å². The Balaban J connectivity index is 1.42. The summed E-state index contributed by atoms with van der Waals surface area (Å²) in [5.74, 6) is -0.400. The van der Waals surface area contributed by atoms with E-state index in [-0.39, 0.29) is 5.91 Å². The number of hydrogen-bond acceptors (Lipinski definition) is 8. The Morgan fingerprint density at radius 2 is 2.06 bits per heavy atom. The van der Waals surface area contributed by atoms with Gasteiger partial charge in [-0.3, -0.25) is 20.1 Å². The van der Waals surface area contributed by atoms with Gasteiger partial charge < -0.3 is 5.32 Å². The molecular weight excluding hydrogens is 446 g/mol. The van der Waals surface area contributed by atoms with Gasteiger partial charge in [-0.2, -0.15) is 0 Å². The van der Waals surface area contributed by atoms with Gasteiger partial charge in [-0.25, -0.2) is 15.4 Å². The minimum Gasteiger partial charge on any atom is -0.316 e. The summed E-state index contributed by atoms with van der Waals surface area (Å²) >= 11 is 2.84. The second-order valence-electron chi connectivity index (χ2n) is 7.43. The zero-order valence-electron chi connectivity index (χ0n) is 17.4. The third kappa shape index (κ3) is 5.28. The van der Waals surface area contributed by atoms with Gasteiger partial charge in [0.2, 0.25) is 0 Å². The summed E-state index contributed by atoms with van der Waals surface area (Å²) in [6.45, 7) is 3.83. The van der Waals surface area contributed by atoms with Crippen LogP contribution in [0.5, 0.6) is 0 Å². The fourth-order valence-electron chi connectivity index (χ4n) is 3.46. The minimum atomic E-state index is -0.590. The zero-order valence-corrected chi connectivity index (χ0v) is 19.1. The third-order valence-corrected chi connectivity index (χ3v) is 7.21. The average Bonchev–Trinajstić information content (AvgIpc) is 3.45. The Labute approximate surface area is 193 Å². The number of nitrogens with zero attached hydrogens (tertiary/aromatic N) is 2. The van der Waals surface area contributed by atoms with Crippen molar-refractivity contribution in [2.45, 2.75) is 25.7 Å². The molecule has 3 aromatic rings. The molecule has 1 unspecified atom stereocenters. The van der Waals surface area contributed by atoms with E-state index in [4.69, 9.17) is 5.21 Å². The molecule has 0 saturated carbocycles. The summed E-state index contributed by atoms with van der Waals surface area (Å²) in [6, 6.07) is 7.46. The monoisotopic (exact) mass is 469 g/mol. The molecule has 3 heterocycles. The quantitative estimate of drug-likeness (QED) is 0.248. The average molecular weight is 470 g/mol. The Morgan fingerprint density at radius 1 is 1.25 bits per heavy atom. The molecule has 4 rings (SSSR count). The van der Waals surface area contributed by atoms with E-state index in [1.165, 1.54) is 28.7 Å². The topological polar surface area (TPSA) is 116 Å². The Morgan fingerprint density at radius 3 is 2.78 bits per heavy atom. The van der Waals surface area contributed by atoms with E-state index in [0.717, 1.165) is 53.5 Å². The first-order valence-electron chi connectivity index (χ1n) is 10.2. The molecule has 32 heavy (non-hydrogen) atoms. The molecule has 1 aromatic carbocycles. The second kappa shape index (κ2) is 10.1. The number of carbonyl (C=O) groups is 2. The highest BCUT2D eigenvalue weighted by Crippen LogP contribution is 2.31. The van der Waals surface area contributed by atoms with Crippen LogP contribution in [0.3, 0.4) is 0 Å². The molecule has 8 nitrogen and oxygen atoms in total. The first-order chi connectivity index (χ1) is 15.5. The number of hydrogen-bond donors (Lipinski definition) is 4. The van der Waals surface area contributed by atoms with Gasteiger partial charge in [0.05, 0.1) is 16.4 Å². The third-order valence-electron chi connectivity index (χ3n) is 5.13. The summed E-state index contributed by atoms with van der Waals surface area (Å²) in [5.41, 5.74) is 4.76. The number of nitrogens with one attached hydrogen (secondary N) is 3. The van der Waals surface area contributed by atoms with Crippen molar-refractivity contribution in [1.82, 2.24) is 20.8 Å². The molecular formula is C22H23N5O3S2. The summed E-state index contributed by atoms with van der Waals surface area (Å²) in [6.07, 6.45) is 5.06. The molecule has 10 heteroatoms. The largest absolute Gasteiger partial charge is 0.316 e. The molecule has 4 N–H and O–H groups in total. The van der Waals surface area contributed by atoms with Crippen LogP contribution in [-0.2, 0) is 4.79 Å². The number of aromatic nitrogens is 2. The lowest BCUT2D eigenvalue weighted by atomic mass is 10.0. The number of hydroxylamine groups is 1. The van der Waals surface area contributed by atoms with Crippen LogP contribution in [0.1, 0.15) is 44.7 Å². The van der Waals surface area contributed by atoms with Crippen LogP contribution in [-0.4, -0.2) is 40.1 Å². The van der Waals surface area contributed by atoms with Gasteiger partial charge in [0.25, 0.3) is 11.8 Å².